The average Bonchev–Trinajstić information content (AvgIpc) is 3.20. The maximum absolute atomic E-state index is 12.2. The van der Waals surface area contributed by atoms with Crippen molar-refractivity contribution >= 4 is 12.0 Å². The molecule has 3 aromatic carbocycles. The summed E-state index contributed by atoms with van der Waals surface area (Å²) in [5, 5.41) is 2.74. The zero-order valence-electron chi connectivity index (χ0n) is 18.5. The maximum Gasteiger partial charge on any atom is 0.407 e. The lowest BCUT2D eigenvalue weighted by atomic mass is 9.98. The minimum atomic E-state index is -0.472. The molecule has 7 heteroatoms. The van der Waals surface area contributed by atoms with Gasteiger partial charge in [0.1, 0.15) is 12.4 Å². The lowest BCUT2D eigenvalue weighted by Crippen LogP contribution is -2.34. The Balaban J connectivity index is 1.26. The molecule has 4 N–H and O–H groups in total. The van der Waals surface area contributed by atoms with E-state index in [0.29, 0.717) is 24.3 Å². The van der Waals surface area contributed by atoms with Gasteiger partial charge in [-0.15, -0.1) is 0 Å². The molecule has 0 bridgehead atoms. The molecule has 0 fully saturated rings. The molecule has 0 heterocycles. The summed E-state index contributed by atoms with van der Waals surface area (Å²) in [6.07, 6.45) is -0.0397. The number of carbonyl (C=O) groups excluding carboxylic acids is 2. The molecule has 1 aliphatic carbocycles. The topological polar surface area (TPSA) is 103 Å². The smallest absolute Gasteiger partial charge is 0.407 e. The van der Waals surface area contributed by atoms with E-state index >= 15 is 0 Å². The van der Waals surface area contributed by atoms with Gasteiger partial charge >= 0.3 is 6.09 Å². The van der Waals surface area contributed by atoms with Crippen LogP contribution in [0.15, 0.2) is 72.8 Å². The lowest BCUT2D eigenvalue weighted by molar-refractivity contribution is -0.123. The zero-order valence-corrected chi connectivity index (χ0v) is 18.5. The van der Waals surface area contributed by atoms with Crippen LogP contribution in [-0.2, 0) is 9.53 Å². The molecular weight excluding hydrogens is 430 g/mol. The largest absolute Gasteiger partial charge is 0.482 e. The number of amides is 2. The van der Waals surface area contributed by atoms with E-state index in [1.807, 2.05) is 35.8 Å². The number of hydrazine groups is 1. The van der Waals surface area contributed by atoms with Gasteiger partial charge in [-0.3, -0.25) is 10.2 Å². The maximum atomic E-state index is 12.2. The minimum absolute atomic E-state index is 0.0239. The fraction of sp³-hybridized carbons (Fsp3) is 0.185. The molecule has 0 saturated heterocycles. The first-order chi connectivity index (χ1) is 16.7. The molecule has 34 heavy (non-hydrogen) atoms. The Morgan fingerprint density at radius 3 is 2.26 bits per heavy atom. The van der Waals surface area contributed by atoms with Gasteiger partial charge in [0.25, 0.3) is 5.91 Å². The third kappa shape index (κ3) is 5.37. The van der Waals surface area contributed by atoms with Crippen LogP contribution in [0.4, 0.5) is 4.79 Å². The van der Waals surface area contributed by atoms with Crippen LogP contribution in [0, 0.1) is 11.8 Å². The summed E-state index contributed by atoms with van der Waals surface area (Å²) in [4.78, 5) is 23.5. The van der Waals surface area contributed by atoms with Crippen molar-refractivity contribution in [3.8, 4) is 28.7 Å². The monoisotopic (exact) mass is 455 g/mol. The molecule has 0 aliphatic heterocycles. The Bertz CT molecular complexity index is 1200. The van der Waals surface area contributed by atoms with Gasteiger partial charge < -0.3 is 14.8 Å². The Morgan fingerprint density at radius 2 is 1.56 bits per heavy atom. The predicted molar refractivity (Wildman–Crippen MR) is 129 cm³/mol. The first kappa shape index (κ1) is 22.9. The molecule has 0 saturated carbocycles. The molecule has 0 radical (unpaired) electrons. The first-order valence-electron chi connectivity index (χ1n) is 11.0. The van der Waals surface area contributed by atoms with Gasteiger partial charge in [0.05, 0.1) is 5.56 Å². The van der Waals surface area contributed by atoms with Crippen LogP contribution in [0.2, 0.25) is 0 Å². The van der Waals surface area contributed by atoms with E-state index in [1.165, 1.54) is 22.3 Å². The number of fused-ring (bicyclic) bond motifs is 3. The molecule has 7 nitrogen and oxygen atoms in total. The number of para-hydroxylation sites is 1. The van der Waals surface area contributed by atoms with Gasteiger partial charge in [0.2, 0.25) is 0 Å². The van der Waals surface area contributed by atoms with E-state index in [1.54, 1.807) is 18.2 Å². The standard InChI is InChI=1S/C27H25N3O4/c28-30-26(31)18-33-25-15-6-1-9-19(25)10-7-8-16-29-27(32)34-17-24-22-13-4-2-11-20(22)21-12-3-5-14-23(21)24/h1-6,9,11-15,24H,8,16-18,28H2,(H,29,32)(H,30,31). The van der Waals surface area contributed by atoms with Crippen molar-refractivity contribution in [1.29, 1.82) is 0 Å². The molecule has 0 unspecified atom stereocenters. The third-order valence-corrected chi connectivity index (χ3v) is 5.49. The highest BCUT2D eigenvalue weighted by Gasteiger charge is 2.28. The molecule has 1 aliphatic rings. The molecule has 0 spiro atoms. The van der Waals surface area contributed by atoms with Crippen molar-refractivity contribution in [2.75, 3.05) is 19.8 Å². The van der Waals surface area contributed by atoms with Crippen molar-refractivity contribution in [1.82, 2.24) is 10.7 Å². The van der Waals surface area contributed by atoms with Crippen LogP contribution in [0.3, 0.4) is 0 Å². The summed E-state index contributed by atoms with van der Waals surface area (Å²) in [6, 6.07) is 23.6. The highest BCUT2D eigenvalue weighted by molar-refractivity contribution is 5.79. The number of nitrogens with one attached hydrogen (secondary N) is 2. The normalized spacial score (nSPS) is 11.4. The highest BCUT2D eigenvalue weighted by Crippen LogP contribution is 2.44. The highest BCUT2D eigenvalue weighted by atomic mass is 16.5. The van der Waals surface area contributed by atoms with Crippen molar-refractivity contribution in [3.05, 3.63) is 89.5 Å². The van der Waals surface area contributed by atoms with E-state index in [4.69, 9.17) is 15.3 Å². The molecular formula is C27H25N3O4. The van der Waals surface area contributed by atoms with E-state index in [2.05, 4.69) is 41.4 Å². The average molecular weight is 456 g/mol. The number of hydrogen-bond acceptors (Lipinski definition) is 5. The van der Waals surface area contributed by atoms with Crippen LogP contribution in [0.5, 0.6) is 5.75 Å². The van der Waals surface area contributed by atoms with Crippen LogP contribution in [-0.4, -0.2) is 31.8 Å². The van der Waals surface area contributed by atoms with Gasteiger partial charge in [-0.05, 0) is 34.4 Å². The Morgan fingerprint density at radius 1 is 0.912 bits per heavy atom. The summed E-state index contributed by atoms with van der Waals surface area (Å²) in [7, 11) is 0. The second kappa shape index (κ2) is 11.0. The van der Waals surface area contributed by atoms with Crippen LogP contribution in [0.25, 0.3) is 11.1 Å². The predicted octanol–water partition coefficient (Wildman–Crippen LogP) is 3.34. The summed E-state index contributed by atoms with van der Waals surface area (Å²) >= 11 is 0. The van der Waals surface area contributed by atoms with Crippen molar-refractivity contribution < 1.29 is 19.1 Å². The Kier molecular flexibility index (Phi) is 7.43. The molecule has 0 aromatic heterocycles. The minimum Gasteiger partial charge on any atom is -0.482 e. The third-order valence-electron chi connectivity index (χ3n) is 5.49. The number of benzene rings is 3. The molecule has 4 rings (SSSR count). The van der Waals surface area contributed by atoms with Crippen LogP contribution in [0.1, 0.15) is 29.0 Å². The van der Waals surface area contributed by atoms with Crippen LogP contribution >= 0.6 is 0 Å². The second-order valence-electron chi connectivity index (χ2n) is 7.66. The second-order valence-corrected chi connectivity index (χ2v) is 7.66. The van der Waals surface area contributed by atoms with Gasteiger partial charge in [-0.1, -0.05) is 72.5 Å². The van der Waals surface area contributed by atoms with Gasteiger partial charge in [0, 0.05) is 18.9 Å². The number of alkyl carbamates (subject to hydrolysis) is 1. The van der Waals surface area contributed by atoms with E-state index < -0.39 is 12.0 Å². The Hall–Kier alpha value is -4.28. The quantitative estimate of drug-likeness (QED) is 0.167. The van der Waals surface area contributed by atoms with Crippen LogP contribution < -0.4 is 21.3 Å². The number of ether oxygens (including phenoxy) is 2. The van der Waals surface area contributed by atoms with Crippen molar-refractivity contribution in [2.45, 2.75) is 12.3 Å². The van der Waals surface area contributed by atoms with Gasteiger partial charge in [-0.25, -0.2) is 10.6 Å². The summed E-state index contributed by atoms with van der Waals surface area (Å²) in [5.74, 6) is 11.1. The molecule has 3 aromatic rings. The lowest BCUT2D eigenvalue weighted by Gasteiger charge is -2.14. The summed E-state index contributed by atoms with van der Waals surface area (Å²) in [5.41, 5.74) is 7.38. The molecule has 2 amide bonds. The number of rotatable bonds is 7. The summed E-state index contributed by atoms with van der Waals surface area (Å²) in [6.45, 7) is 0.424. The fourth-order valence-corrected chi connectivity index (χ4v) is 3.91. The fourth-order valence-electron chi connectivity index (χ4n) is 3.91. The summed E-state index contributed by atoms with van der Waals surface area (Å²) < 4.78 is 11.0. The van der Waals surface area contributed by atoms with Crippen molar-refractivity contribution in [2.24, 2.45) is 5.84 Å². The number of nitrogens with two attached hydrogens (primary N) is 1. The molecule has 172 valence electrons. The van der Waals surface area contributed by atoms with E-state index in [-0.39, 0.29) is 19.1 Å². The number of hydrogen-bond donors (Lipinski definition) is 3. The first-order valence-corrected chi connectivity index (χ1v) is 11.0. The van der Waals surface area contributed by atoms with Crippen molar-refractivity contribution in [3.63, 3.8) is 0 Å². The Labute approximate surface area is 198 Å². The SMILES string of the molecule is NNC(=O)COc1ccccc1C#CCCNC(=O)OCC1c2ccccc2-c2ccccc21. The molecule has 0 atom stereocenters. The van der Waals surface area contributed by atoms with Gasteiger partial charge in [0.15, 0.2) is 6.61 Å². The van der Waals surface area contributed by atoms with Gasteiger partial charge in [-0.2, -0.15) is 0 Å². The number of carbonyl (C=O) groups is 2. The zero-order chi connectivity index (χ0) is 23.8. The van der Waals surface area contributed by atoms with E-state index in [9.17, 15) is 9.59 Å². The van der Waals surface area contributed by atoms with E-state index in [0.717, 1.165) is 0 Å².